The summed E-state index contributed by atoms with van der Waals surface area (Å²) in [6.45, 7) is 9.41. The third-order valence-corrected chi connectivity index (χ3v) is 8.83. The van der Waals surface area contributed by atoms with Gasteiger partial charge in [-0.1, -0.05) is 79.9 Å². The lowest BCUT2D eigenvalue weighted by Crippen LogP contribution is -2.56. The lowest BCUT2D eigenvalue weighted by Gasteiger charge is -2.32. The summed E-state index contributed by atoms with van der Waals surface area (Å²) in [4.78, 5) is 28.3. The van der Waals surface area contributed by atoms with E-state index >= 15 is 0 Å². The molecule has 1 amide bonds. The molecular weight excluding hydrogens is 587 g/mol. The molecule has 3 aromatic rings. The molecule has 4 rings (SSSR count). The number of amides is 1. The van der Waals surface area contributed by atoms with Gasteiger partial charge in [0.25, 0.3) is 5.91 Å². The maximum atomic E-state index is 14.2. The van der Waals surface area contributed by atoms with Gasteiger partial charge in [0.05, 0.1) is 4.90 Å². The molecule has 0 radical (unpaired) electrons. The van der Waals surface area contributed by atoms with Crippen LogP contribution in [0.4, 0.5) is 5.69 Å². The molecule has 1 unspecified atom stereocenters. The zero-order chi connectivity index (χ0) is 30.3. The van der Waals surface area contributed by atoms with Gasteiger partial charge < -0.3 is 14.7 Å². The van der Waals surface area contributed by atoms with Gasteiger partial charge >= 0.3 is 5.97 Å². The Morgan fingerprint density at radius 1 is 1.05 bits per heavy atom. The minimum Gasteiger partial charge on any atom is -0.480 e. The van der Waals surface area contributed by atoms with Crippen molar-refractivity contribution in [3.8, 4) is 0 Å². The van der Waals surface area contributed by atoms with Gasteiger partial charge in [-0.2, -0.15) is 4.72 Å². The first-order chi connectivity index (χ1) is 19.1. The Kier molecular flexibility index (Phi) is 8.87. The lowest BCUT2D eigenvalue weighted by molar-refractivity contribution is -0.150. The van der Waals surface area contributed by atoms with Crippen LogP contribution >= 0.6 is 23.2 Å². The second kappa shape index (κ2) is 11.7. The summed E-state index contributed by atoms with van der Waals surface area (Å²) >= 11 is 13.0. The highest BCUT2D eigenvalue weighted by molar-refractivity contribution is 7.89. The molecule has 11 heteroatoms. The molecule has 1 heterocycles. The van der Waals surface area contributed by atoms with Crippen molar-refractivity contribution >= 4 is 50.8 Å². The monoisotopic (exact) mass is 618 g/mol. The minimum absolute atomic E-state index is 0.0975. The molecule has 2 N–H and O–H groups in total. The standard InChI is InChI=1S/C30H32Cl2N2O6S/c1-17-10-13-24(18(2)14-17)41(38,39)33-25(29(36)37)27-28(35)34(16-30(3,4)5)23-12-11-19(31)15-21(23)26(40-27)20-8-6-7-9-22(20)32/h6-15,25-27,33H,16H2,1-5H3,(H,36,37)/t25?,26-,27-/m0/s1. The highest BCUT2D eigenvalue weighted by Gasteiger charge is 2.46. The van der Waals surface area contributed by atoms with Crippen LogP contribution in [0.15, 0.2) is 65.6 Å². The normalized spacial score (nSPS) is 18.5. The van der Waals surface area contributed by atoms with Crippen LogP contribution in [0, 0.1) is 19.3 Å². The Bertz CT molecular complexity index is 1600. The molecule has 3 atom stereocenters. The van der Waals surface area contributed by atoms with Crippen LogP contribution in [0.1, 0.15) is 49.1 Å². The van der Waals surface area contributed by atoms with E-state index in [0.717, 1.165) is 5.56 Å². The number of aliphatic carboxylic acids is 1. The minimum atomic E-state index is -4.38. The molecule has 0 aliphatic carbocycles. The molecule has 0 fully saturated rings. The van der Waals surface area contributed by atoms with E-state index < -0.39 is 45.6 Å². The highest BCUT2D eigenvalue weighted by Crippen LogP contribution is 2.42. The first-order valence-electron chi connectivity index (χ1n) is 12.9. The van der Waals surface area contributed by atoms with Crippen molar-refractivity contribution in [3.05, 3.63) is 93.0 Å². The Balaban J connectivity index is 1.90. The van der Waals surface area contributed by atoms with Crippen molar-refractivity contribution in [2.24, 2.45) is 5.41 Å². The van der Waals surface area contributed by atoms with E-state index in [-0.39, 0.29) is 11.4 Å². The number of hydrogen-bond acceptors (Lipinski definition) is 5. The topological polar surface area (TPSA) is 113 Å². The molecule has 1 aliphatic heterocycles. The third kappa shape index (κ3) is 6.76. The van der Waals surface area contributed by atoms with Crippen LogP contribution in [-0.2, 0) is 24.3 Å². The average Bonchev–Trinajstić information content (AvgIpc) is 2.96. The van der Waals surface area contributed by atoms with E-state index in [1.165, 1.54) is 11.0 Å². The van der Waals surface area contributed by atoms with Crippen LogP contribution in [0.3, 0.4) is 0 Å². The van der Waals surface area contributed by atoms with E-state index in [2.05, 4.69) is 4.72 Å². The molecule has 0 aromatic heterocycles. The van der Waals surface area contributed by atoms with Crippen molar-refractivity contribution in [2.75, 3.05) is 11.4 Å². The van der Waals surface area contributed by atoms with Gasteiger partial charge in [-0.25, -0.2) is 8.42 Å². The number of carbonyl (C=O) groups is 2. The largest absolute Gasteiger partial charge is 0.480 e. The fourth-order valence-corrected chi connectivity index (χ4v) is 6.72. The van der Waals surface area contributed by atoms with Crippen molar-refractivity contribution < 1.29 is 27.9 Å². The molecule has 218 valence electrons. The number of carbonyl (C=O) groups excluding carboxylic acids is 1. The first-order valence-corrected chi connectivity index (χ1v) is 15.2. The number of carboxylic acid groups (broad SMARTS) is 1. The van der Waals surface area contributed by atoms with Gasteiger partial charge in [-0.3, -0.25) is 9.59 Å². The van der Waals surface area contributed by atoms with Crippen LogP contribution in [0.5, 0.6) is 0 Å². The quantitative estimate of drug-likeness (QED) is 0.340. The number of carboxylic acids is 1. The lowest BCUT2D eigenvalue weighted by atomic mass is 9.94. The Labute approximate surface area is 250 Å². The third-order valence-electron chi connectivity index (χ3n) is 6.65. The fourth-order valence-electron chi connectivity index (χ4n) is 4.89. The van der Waals surface area contributed by atoms with Crippen molar-refractivity contribution in [1.82, 2.24) is 4.72 Å². The fraction of sp³-hybridized carbons (Fsp3) is 0.333. The molecule has 0 saturated carbocycles. The average molecular weight is 620 g/mol. The SMILES string of the molecule is Cc1ccc(S(=O)(=O)NC(C(=O)O)[C@@H]2O[C@@H](c3ccccc3Cl)c3cc(Cl)ccc3N(CC(C)(C)C)C2=O)c(C)c1. The van der Waals surface area contributed by atoms with Crippen LogP contribution in [-0.4, -0.2) is 44.1 Å². The Hall–Kier alpha value is -2.95. The van der Waals surface area contributed by atoms with Gasteiger partial charge in [-0.15, -0.1) is 0 Å². The van der Waals surface area contributed by atoms with E-state index in [4.69, 9.17) is 27.9 Å². The van der Waals surface area contributed by atoms with Crippen LogP contribution in [0.2, 0.25) is 10.0 Å². The summed E-state index contributed by atoms with van der Waals surface area (Å²) in [7, 11) is -4.38. The number of nitrogens with one attached hydrogen (secondary N) is 1. The maximum Gasteiger partial charge on any atom is 0.325 e. The number of benzene rings is 3. The summed E-state index contributed by atoms with van der Waals surface area (Å²) in [6.07, 6.45) is -2.80. The van der Waals surface area contributed by atoms with Gasteiger partial charge in [0.15, 0.2) is 12.1 Å². The molecular formula is C30H32Cl2N2O6S. The van der Waals surface area contributed by atoms with Gasteiger partial charge in [0.1, 0.15) is 6.10 Å². The number of fused-ring (bicyclic) bond motifs is 1. The number of halogens is 2. The number of sulfonamides is 1. The Morgan fingerprint density at radius 2 is 1.73 bits per heavy atom. The number of anilines is 1. The summed E-state index contributed by atoms with van der Waals surface area (Å²) in [5.74, 6) is -2.29. The predicted octanol–water partition coefficient (Wildman–Crippen LogP) is 5.91. The second-order valence-electron chi connectivity index (χ2n) is 11.4. The van der Waals surface area contributed by atoms with Crippen LogP contribution in [0.25, 0.3) is 0 Å². The van der Waals surface area contributed by atoms with Crippen molar-refractivity contribution in [3.63, 3.8) is 0 Å². The molecule has 0 spiro atoms. The van der Waals surface area contributed by atoms with E-state index in [9.17, 15) is 23.1 Å². The smallest absolute Gasteiger partial charge is 0.325 e. The molecule has 41 heavy (non-hydrogen) atoms. The highest BCUT2D eigenvalue weighted by atomic mass is 35.5. The zero-order valence-corrected chi connectivity index (χ0v) is 25.6. The van der Waals surface area contributed by atoms with E-state index in [0.29, 0.717) is 32.4 Å². The van der Waals surface area contributed by atoms with Gasteiger partial charge in [-0.05, 0) is 55.2 Å². The van der Waals surface area contributed by atoms with Gasteiger partial charge in [0, 0.05) is 33.4 Å². The van der Waals surface area contributed by atoms with Crippen LogP contribution < -0.4 is 9.62 Å². The van der Waals surface area contributed by atoms with Crippen molar-refractivity contribution in [2.45, 2.75) is 57.8 Å². The van der Waals surface area contributed by atoms with E-state index in [1.54, 1.807) is 61.5 Å². The molecule has 3 aromatic carbocycles. The zero-order valence-electron chi connectivity index (χ0n) is 23.3. The summed E-state index contributed by atoms with van der Waals surface area (Å²) in [5.41, 5.74) is 2.28. The number of aryl methyl sites for hydroxylation is 2. The number of ether oxygens (including phenoxy) is 1. The number of hydrogen-bond donors (Lipinski definition) is 2. The molecule has 1 aliphatic rings. The second-order valence-corrected chi connectivity index (χ2v) is 13.9. The molecule has 0 bridgehead atoms. The molecule has 0 saturated heterocycles. The summed E-state index contributed by atoms with van der Waals surface area (Å²) in [6, 6.07) is 14.5. The molecule has 8 nitrogen and oxygen atoms in total. The predicted molar refractivity (Wildman–Crippen MR) is 159 cm³/mol. The Morgan fingerprint density at radius 3 is 2.34 bits per heavy atom. The first kappa shape index (κ1) is 31.0. The van der Waals surface area contributed by atoms with Crippen molar-refractivity contribution in [1.29, 1.82) is 0 Å². The van der Waals surface area contributed by atoms with E-state index in [1.807, 2.05) is 27.7 Å². The maximum absolute atomic E-state index is 14.2. The van der Waals surface area contributed by atoms with Gasteiger partial charge in [0.2, 0.25) is 10.0 Å². The number of nitrogens with zero attached hydrogens (tertiary/aromatic N) is 1. The summed E-state index contributed by atoms with van der Waals surface area (Å²) in [5, 5.41) is 11.0. The number of rotatable bonds is 7. The summed E-state index contributed by atoms with van der Waals surface area (Å²) < 4.78 is 35.6.